The first-order valence-corrected chi connectivity index (χ1v) is 6.93. The number of aliphatic hydroxyl groups excluding tert-OH is 1. The number of nitrogens with zero attached hydrogens (tertiary/aromatic N) is 1. The molecule has 92 valence electrons. The number of carbonyl (C=O) groups is 1. The average molecular weight is 298 g/mol. The first-order valence-electron chi connectivity index (χ1n) is 5.81. The van der Waals surface area contributed by atoms with Crippen LogP contribution in [0, 0.1) is 5.92 Å². The topological polar surface area (TPSA) is 40.5 Å². The predicted octanol–water partition coefficient (Wildman–Crippen LogP) is 1.97. The minimum absolute atomic E-state index is 0.112. The molecule has 3 nitrogen and oxygen atoms in total. The van der Waals surface area contributed by atoms with Gasteiger partial charge in [0.2, 0.25) is 5.91 Å². The first-order chi connectivity index (χ1) is 8.26. The van der Waals surface area contributed by atoms with Crippen molar-refractivity contribution in [3.8, 4) is 0 Å². The van der Waals surface area contributed by atoms with Crippen LogP contribution in [0.1, 0.15) is 12.0 Å². The van der Waals surface area contributed by atoms with Gasteiger partial charge in [0.05, 0.1) is 0 Å². The van der Waals surface area contributed by atoms with Gasteiger partial charge in [-0.05, 0) is 24.0 Å². The second-order valence-electron chi connectivity index (χ2n) is 4.33. The van der Waals surface area contributed by atoms with Gasteiger partial charge in [0.25, 0.3) is 0 Å². The van der Waals surface area contributed by atoms with Crippen molar-refractivity contribution in [1.29, 1.82) is 0 Å². The van der Waals surface area contributed by atoms with E-state index in [0.717, 1.165) is 23.1 Å². The van der Waals surface area contributed by atoms with Crippen LogP contribution in [0.5, 0.6) is 0 Å². The summed E-state index contributed by atoms with van der Waals surface area (Å²) in [6.07, 6.45) is 1.21. The summed E-state index contributed by atoms with van der Waals surface area (Å²) in [6.45, 7) is 0.882. The molecule has 0 bridgehead atoms. The summed E-state index contributed by atoms with van der Waals surface area (Å²) in [6, 6.07) is 7.81. The number of halogens is 1. The number of amides is 1. The summed E-state index contributed by atoms with van der Waals surface area (Å²) in [5, 5.41) is 9.90. The molecule has 1 aliphatic rings. The Bertz CT molecular complexity index is 408. The lowest BCUT2D eigenvalue weighted by Crippen LogP contribution is -2.26. The molecule has 1 heterocycles. The van der Waals surface area contributed by atoms with Crippen molar-refractivity contribution in [3.63, 3.8) is 0 Å². The van der Waals surface area contributed by atoms with Gasteiger partial charge >= 0.3 is 0 Å². The standard InChI is InChI=1S/C13H16BrNO2/c14-8-10-7-13(17)15(9-10)12-4-2-1-3-11(12)5-6-16/h1-4,10,16H,5-9H2. The maximum Gasteiger partial charge on any atom is 0.227 e. The summed E-state index contributed by atoms with van der Waals surface area (Å²) >= 11 is 3.43. The third-order valence-corrected chi connectivity index (χ3v) is 4.00. The van der Waals surface area contributed by atoms with Crippen LogP contribution < -0.4 is 4.90 Å². The lowest BCUT2D eigenvalue weighted by atomic mass is 10.1. The van der Waals surface area contributed by atoms with E-state index in [4.69, 9.17) is 5.11 Å². The zero-order chi connectivity index (χ0) is 12.3. The second-order valence-corrected chi connectivity index (χ2v) is 4.98. The van der Waals surface area contributed by atoms with E-state index in [1.54, 1.807) is 0 Å². The zero-order valence-corrected chi connectivity index (χ0v) is 11.2. The van der Waals surface area contributed by atoms with Crippen molar-refractivity contribution < 1.29 is 9.90 Å². The predicted molar refractivity (Wildman–Crippen MR) is 71.5 cm³/mol. The highest BCUT2D eigenvalue weighted by atomic mass is 79.9. The Morgan fingerprint density at radius 2 is 2.18 bits per heavy atom. The minimum Gasteiger partial charge on any atom is -0.396 e. The fourth-order valence-corrected chi connectivity index (χ4v) is 2.66. The molecule has 0 radical (unpaired) electrons. The first kappa shape index (κ1) is 12.6. The van der Waals surface area contributed by atoms with Crippen molar-refractivity contribution in [3.05, 3.63) is 29.8 Å². The Labute approximate surface area is 110 Å². The van der Waals surface area contributed by atoms with Gasteiger partial charge in [0.1, 0.15) is 0 Å². The van der Waals surface area contributed by atoms with Gasteiger partial charge < -0.3 is 10.0 Å². The molecule has 1 fully saturated rings. The van der Waals surface area contributed by atoms with E-state index in [1.165, 1.54) is 0 Å². The molecular weight excluding hydrogens is 282 g/mol. The Morgan fingerprint density at radius 3 is 2.82 bits per heavy atom. The quantitative estimate of drug-likeness (QED) is 0.863. The molecule has 1 amide bonds. The van der Waals surface area contributed by atoms with Gasteiger partial charge in [0.15, 0.2) is 0 Å². The molecule has 17 heavy (non-hydrogen) atoms. The summed E-state index contributed by atoms with van der Waals surface area (Å²) in [7, 11) is 0. The summed E-state index contributed by atoms with van der Waals surface area (Å²) < 4.78 is 0. The number of rotatable bonds is 4. The van der Waals surface area contributed by atoms with E-state index < -0.39 is 0 Å². The highest BCUT2D eigenvalue weighted by Crippen LogP contribution is 2.29. The van der Waals surface area contributed by atoms with Crippen LogP contribution >= 0.6 is 15.9 Å². The number of aliphatic hydroxyl groups is 1. The van der Waals surface area contributed by atoms with Crippen molar-refractivity contribution in [2.45, 2.75) is 12.8 Å². The normalized spacial score (nSPS) is 20.0. The molecule has 4 heteroatoms. The van der Waals surface area contributed by atoms with Crippen molar-refractivity contribution in [1.82, 2.24) is 0 Å². The highest BCUT2D eigenvalue weighted by molar-refractivity contribution is 9.09. The van der Waals surface area contributed by atoms with Gasteiger partial charge in [0, 0.05) is 30.6 Å². The number of benzene rings is 1. The van der Waals surface area contributed by atoms with E-state index in [1.807, 2.05) is 29.2 Å². The SMILES string of the molecule is O=C1CC(CBr)CN1c1ccccc1CCO. The van der Waals surface area contributed by atoms with Crippen molar-refractivity contribution in [2.24, 2.45) is 5.92 Å². The Balaban J connectivity index is 2.25. The second kappa shape index (κ2) is 5.65. The van der Waals surface area contributed by atoms with Crippen LogP contribution in [0.3, 0.4) is 0 Å². The molecule has 2 rings (SSSR count). The molecule has 1 N–H and O–H groups in total. The Kier molecular flexibility index (Phi) is 4.18. The van der Waals surface area contributed by atoms with E-state index in [9.17, 15) is 4.79 Å². The van der Waals surface area contributed by atoms with Gasteiger partial charge in [-0.3, -0.25) is 4.79 Å². The van der Waals surface area contributed by atoms with E-state index in [2.05, 4.69) is 15.9 Å². The number of hydrogen-bond acceptors (Lipinski definition) is 2. The van der Waals surface area contributed by atoms with Crippen LogP contribution in [0.25, 0.3) is 0 Å². The molecule has 1 aliphatic heterocycles. The molecule has 0 spiro atoms. The number of anilines is 1. The molecule has 1 aromatic carbocycles. The molecule has 0 aliphatic carbocycles. The number of para-hydroxylation sites is 1. The third kappa shape index (κ3) is 2.69. The fraction of sp³-hybridized carbons (Fsp3) is 0.462. The van der Waals surface area contributed by atoms with Crippen molar-refractivity contribution >= 4 is 27.5 Å². The molecule has 1 aromatic rings. The molecule has 1 saturated heterocycles. The molecule has 0 saturated carbocycles. The number of hydrogen-bond donors (Lipinski definition) is 1. The Hall–Kier alpha value is -0.870. The van der Waals surface area contributed by atoms with Gasteiger partial charge in [-0.25, -0.2) is 0 Å². The summed E-state index contributed by atoms with van der Waals surface area (Å²) in [4.78, 5) is 13.8. The average Bonchev–Trinajstić information content (AvgIpc) is 2.72. The van der Waals surface area contributed by atoms with Crippen LogP contribution in [-0.2, 0) is 11.2 Å². The summed E-state index contributed by atoms with van der Waals surface area (Å²) in [5.74, 6) is 0.574. The lowest BCUT2D eigenvalue weighted by Gasteiger charge is -2.20. The molecular formula is C13H16BrNO2. The van der Waals surface area contributed by atoms with E-state index in [-0.39, 0.29) is 12.5 Å². The summed E-state index contributed by atoms with van der Waals surface area (Å²) in [5.41, 5.74) is 1.99. The smallest absolute Gasteiger partial charge is 0.227 e. The van der Waals surface area contributed by atoms with E-state index >= 15 is 0 Å². The lowest BCUT2D eigenvalue weighted by molar-refractivity contribution is -0.117. The third-order valence-electron chi connectivity index (χ3n) is 3.09. The molecule has 1 atom stereocenters. The highest BCUT2D eigenvalue weighted by Gasteiger charge is 2.30. The Morgan fingerprint density at radius 1 is 1.41 bits per heavy atom. The minimum atomic E-state index is 0.112. The maximum absolute atomic E-state index is 11.9. The monoisotopic (exact) mass is 297 g/mol. The number of alkyl halides is 1. The van der Waals surface area contributed by atoms with Crippen molar-refractivity contribution in [2.75, 3.05) is 23.4 Å². The van der Waals surface area contributed by atoms with Gasteiger partial charge in [-0.15, -0.1) is 0 Å². The van der Waals surface area contributed by atoms with Crippen LogP contribution in [0.2, 0.25) is 0 Å². The maximum atomic E-state index is 11.9. The molecule has 0 aromatic heterocycles. The van der Waals surface area contributed by atoms with E-state index in [0.29, 0.717) is 18.8 Å². The largest absolute Gasteiger partial charge is 0.396 e. The fourth-order valence-electron chi connectivity index (χ4n) is 2.22. The van der Waals surface area contributed by atoms with Crippen LogP contribution in [0.15, 0.2) is 24.3 Å². The van der Waals surface area contributed by atoms with Crippen LogP contribution in [0.4, 0.5) is 5.69 Å². The van der Waals surface area contributed by atoms with Gasteiger partial charge in [-0.1, -0.05) is 34.1 Å². The molecule has 1 unspecified atom stereocenters. The van der Waals surface area contributed by atoms with Crippen LogP contribution in [-0.4, -0.2) is 29.5 Å². The number of carbonyl (C=O) groups excluding carboxylic acids is 1. The van der Waals surface area contributed by atoms with Gasteiger partial charge in [-0.2, -0.15) is 0 Å². The zero-order valence-electron chi connectivity index (χ0n) is 9.60.